The van der Waals surface area contributed by atoms with Gasteiger partial charge in [0.05, 0.1) is 0 Å². The Labute approximate surface area is 30.4 Å². The van der Waals surface area contributed by atoms with Crippen molar-refractivity contribution in [2.24, 2.45) is 0 Å². The number of hydrogen-bond acceptors (Lipinski definition) is 2. The summed E-state index contributed by atoms with van der Waals surface area (Å²) in [7, 11) is 0. The summed E-state index contributed by atoms with van der Waals surface area (Å²) < 4.78 is 0. The molecule has 0 saturated heterocycles. The molecule has 0 aromatic carbocycles. The molecule has 2 heteroatoms. The molecule has 0 spiro atoms. The summed E-state index contributed by atoms with van der Waals surface area (Å²) in [5.74, 6) is 0. The minimum absolute atomic E-state index is 1.03. The van der Waals surface area contributed by atoms with E-state index in [9.17, 15) is 0 Å². The molecule has 0 bridgehead atoms. The van der Waals surface area contributed by atoms with Gasteiger partial charge < -0.3 is 10.2 Å². The maximum atomic E-state index is 7.80. The monoisotopic (exact) mass is 74.0 g/mol. The summed E-state index contributed by atoms with van der Waals surface area (Å²) in [4.78, 5) is 0. The molecule has 0 radical (unpaired) electrons. The van der Waals surface area contributed by atoms with E-state index in [4.69, 9.17) is 10.2 Å². The minimum Gasteiger partial charge on any atom is -0.365 e. The van der Waals surface area contributed by atoms with Crippen LogP contribution in [-0.4, -0.2) is 16.5 Å². The zero-order valence-corrected chi connectivity index (χ0v) is 2.76. The van der Waals surface area contributed by atoms with Crippen LogP contribution in [0.2, 0.25) is 0 Å². The molecule has 0 amide bonds. The molecule has 2 nitrogen and oxygen atoms in total. The molecule has 0 fully saturated rings. The lowest BCUT2D eigenvalue weighted by Gasteiger charge is -1.84. The Kier molecular flexibility index (Phi) is 1.80. The predicted octanol–water partition coefficient (Wildman–Crippen LogP) is -0.517. The van der Waals surface area contributed by atoms with Crippen molar-refractivity contribution < 1.29 is 10.2 Å². The second-order valence-corrected chi connectivity index (χ2v) is 0.649. The van der Waals surface area contributed by atoms with Crippen molar-refractivity contribution in [1.29, 1.82) is 0 Å². The van der Waals surface area contributed by atoms with E-state index in [-0.39, 0.29) is 0 Å². The lowest BCUT2D eigenvalue weighted by Crippen LogP contribution is -1.95. The van der Waals surface area contributed by atoms with Crippen LogP contribution in [0.3, 0.4) is 0 Å². The Balaban J connectivity index is 2.83. The van der Waals surface area contributed by atoms with Crippen molar-refractivity contribution in [3.8, 4) is 0 Å². The van der Waals surface area contributed by atoms with Crippen LogP contribution in [-0.2, 0) is 0 Å². The number of aliphatic hydroxyl groups is 2. The first-order chi connectivity index (χ1) is 2.27. The lowest BCUT2D eigenvalue weighted by molar-refractivity contribution is 0.00266. The SMILES string of the molecule is C=CC(O)O. The summed E-state index contributed by atoms with van der Waals surface area (Å²) in [6, 6.07) is 0. The fourth-order valence-corrected chi connectivity index (χ4v) is 0. The van der Waals surface area contributed by atoms with Gasteiger partial charge in [-0.25, -0.2) is 0 Å². The Bertz CT molecular complexity index is 31.9. The Morgan fingerprint density at radius 2 is 1.80 bits per heavy atom. The van der Waals surface area contributed by atoms with Crippen LogP contribution in [0.15, 0.2) is 12.7 Å². The molecule has 0 aliphatic rings. The van der Waals surface area contributed by atoms with Crippen LogP contribution in [0, 0.1) is 0 Å². The van der Waals surface area contributed by atoms with Crippen LogP contribution in [0.5, 0.6) is 0 Å². The quantitative estimate of drug-likeness (QED) is 0.324. The molecule has 0 saturated carbocycles. The van der Waals surface area contributed by atoms with Gasteiger partial charge in [-0.2, -0.15) is 0 Å². The van der Waals surface area contributed by atoms with Crippen LogP contribution in [0.25, 0.3) is 0 Å². The minimum atomic E-state index is -1.35. The smallest absolute Gasteiger partial charge is 0.170 e. The van der Waals surface area contributed by atoms with Crippen molar-refractivity contribution in [2.75, 3.05) is 0 Å². The van der Waals surface area contributed by atoms with Gasteiger partial charge >= 0.3 is 0 Å². The van der Waals surface area contributed by atoms with Gasteiger partial charge in [0.2, 0.25) is 0 Å². The van der Waals surface area contributed by atoms with Crippen LogP contribution in [0.1, 0.15) is 0 Å². The van der Waals surface area contributed by atoms with E-state index in [2.05, 4.69) is 6.58 Å². The molecule has 5 heavy (non-hydrogen) atoms. The van der Waals surface area contributed by atoms with E-state index < -0.39 is 6.29 Å². The third-order valence-electron chi connectivity index (χ3n) is 0.211. The zero-order valence-electron chi connectivity index (χ0n) is 2.76. The van der Waals surface area contributed by atoms with Crippen molar-refractivity contribution in [3.63, 3.8) is 0 Å². The summed E-state index contributed by atoms with van der Waals surface area (Å²) >= 11 is 0. The Hall–Kier alpha value is -0.340. The standard InChI is InChI=1S/C3H6O2/c1-2-3(4)5/h2-5H,1H2. The third-order valence-corrected chi connectivity index (χ3v) is 0.211. The molecule has 0 aliphatic carbocycles. The highest BCUT2D eigenvalue weighted by Gasteiger charge is 1.76. The third kappa shape index (κ3) is 3.66. The molecule has 0 aromatic rings. The van der Waals surface area contributed by atoms with E-state index in [0.717, 1.165) is 6.08 Å². The second-order valence-electron chi connectivity index (χ2n) is 0.649. The van der Waals surface area contributed by atoms with Crippen molar-refractivity contribution in [1.82, 2.24) is 0 Å². The highest BCUT2D eigenvalue weighted by Crippen LogP contribution is 1.67. The van der Waals surface area contributed by atoms with E-state index in [0.29, 0.717) is 0 Å². The summed E-state index contributed by atoms with van der Waals surface area (Å²) in [6.45, 7) is 3.06. The maximum Gasteiger partial charge on any atom is 0.170 e. The molecule has 0 unspecified atom stereocenters. The summed E-state index contributed by atoms with van der Waals surface area (Å²) in [5.41, 5.74) is 0. The molecule has 0 aromatic heterocycles. The van der Waals surface area contributed by atoms with Crippen LogP contribution in [0.4, 0.5) is 0 Å². The first kappa shape index (κ1) is 4.66. The molecule has 0 heterocycles. The summed E-state index contributed by atoms with van der Waals surface area (Å²) in [5, 5.41) is 15.6. The largest absolute Gasteiger partial charge is 0.365 e. The van der Waals surface area contributed by atoms with Crippen molar-refractivity contribution in [2.45, 2.75) is 6.29 Å². The van der Waals surface area contributed by atoms with Gasteiger partial charge in [0.15, 0.2) is 6.29 Å². The fourth-order valence-electron chi connectivity index (χ4n) is 0. The molecule has 0 aliphatic heterocycles. The van der Waals surface area contributed by atoms with Crippen LogP contribution >= 0.6 is 0 Å². The fraction of sp³-hybridized carbons (Fsp3) is 0.333. The van der Waals surface area contributed by atoms with Gasteiger partial charge in [-0.15, -0.1) is 0 Å². The molecule has 0 atom stereocenters. The number of aliphatic hydroxyl groups excluding tert-OH is 1. The van der Waals surface area contributed by atoms with Gasteiger partial charge in [-0.05, 0) is 6.08 Å². The van der Waals surface area contributed by atoms with Gasteiger partial charge in [-0.3, -0.25) is 0 Å². The highest BCUT2D eigenvalue weighted by molar-refractivity contribution is 4.66. The molecule has 2 N–H and O–H groups in total. The van der Waals surface area contributed by atoms with E-state index in [1.807, 2.05) is 0 Å². The first-order valence-electron chi connectivity index (χ1n) is 1.26. The number of hydrogen-bond donors (Lipinski definition) is 2. The van der Waals surface area contributed by atoms with Crippen LogP contribution < -0.4 is 0 Å². The Morgan fingerprint density at radius 3 is 1.80 bits per heavy atom. The normalized spacial score (nSPS) is 8.60. The van der Waals surface area contributed by atoms with Crippen molar-refractivity contribution >= 4 is 0 Å². The predicted molar refractivity (Wildman–Crippen MR) is 18.4 cm³/mol. The van der Waals surface area contributed by atoms with Crippen molar-refractivity contribution in [3.05, 3.63) is 12.7 Å². The average Bonchev–Trinajstić information content (AvgIpc) is 1.38. The lowest BCUT2D eigenvalue weighted by atomic mass is 10.6. The topological polar surface area (TPSA) is 40.5 Å². The highest BCUT2D eigenvalue weighted by atomic mass is 16.5. The maximum absolute atomic E-state index is 7.80. The molecule has 30 valence electrons. The number of rotatable bonds is 1. The van der Waals surface area contributed by atoms with Gasteiger partial charge in [-0.1, -0.05) is 6.58 Å². The van der Waals surface area contributed by atoms with Gasteiger partial charge in [0.25, 0.3) is 0 Å². The zero-order chi connectivity index (χ0) is 4.28. The molecular formula is C3H6O2. The summed E-state index contributed by atoms with van der Waals surface area (Å²) in [6.07, 6.45) is -0.324. The Morgan fingerprint density at radius 1 is 1.60 bits per heavy atom. The second kappa shape index (κ2) is 1.93. The van der Waals surface area contributed by atoms with E-state index >= 15 is 0 Å². The average molecular weight is 74.1 g/mol. The van der Waals surface area contributed by atoms with Gasteiger partial charge in [0.1, 0.15) is 0 Å². The first-order valence-corrected chi connectivity index (χ1v) is 1.26. The molecular weight excluding hydrogens is 68.0 g/mol. The van der Waals surface area contributed by atoms with Gasteiger partial charge in [0, 0.05) is 0 Å². The van der Waals surface area contributed by atoms with E-state index in [1.54, 1.807) is 0 Å². The van der Waals surface area contributed by atoms with E-state index in [1.165, 1.54) is 0 Å². The molecule has 0 rings (SSSR count).